The topological polar surface area (TPSA) is 62.2 Å². The van der Waals surface area contributed by atoms with Gasteiger partial charge in [-0.25, -0.2) is 4.98 Å². The Morgan fingerprint density at radius 1 is 1.16 bits per heavy atom. The first kappa shape index (κ1) is 17.7. The summed E-state index contributed by atoms with van der Waals surface area (Å²) in [4.78, 5) is 4.47. The Balaban J connectivity index is 1.61. The molecule has 25 heavy (non-hydrogen) atoms. The highest BCUT2D eigenvalue weighted by atomic mass is 35.5. The summed E-state index contributed by atoms with van der Waals surface area (Å²) >= 11 is 13.4. The fraction of sp³-hybridized carbons (Fsp3) is 0.118. The van der Waals surface area contributed by atoms with Crippen LogP contribution >= 0.6 is 34.7 Å². The van der Waals surface area contributed by atoms with Gasteiger partial charge in [-0.2, -0.15) is 9.47 Å². The van der Waals surface area contributed by atoms with Gasteiger partial charge in [0.05, 0.1) is 10.7 Å². The Bertz CT molecular complexity index is 880. The van der Waals surface area contributed by atoms with E-state index in [1.54, 1.807) is 18.2 Å². The summed E-state index contributed by atoms with van der Waals surface area (Å²) in [7, 11) is 0. The molecule has 1 heterocycles. The molecule has 1 aromatic heterocycles. The van der Waals surface area contributed by atoms with Gasteiger partial charge in [-0.05, 0) is 37.3 Å². The molecule has 0 aliphatic rings. The number of nitrogens with zero attached hydrogens (tertiary/aromatic N) is 3. The number of halogens is 2. The standard InChI is InChI=1S/C17H15Cl2N5S/c1-11(22-23-15-10-12(18)7-8-14(15)19)9-16-21-17(25-24-16)20-13-5-3-2-4-6-13/h2-8,10,23H,9H2,1H3,(H,20,21,24)/b22-11-. The molecule has 0 aliphatic carbocycles. The predicted octanol–water partition coefficient (Wildman–Crippen LogP) is 5.62. The van der Waals surface area contributed by atoms with Gasteiger partial charge in [0.1, 0.15) is 5.82 Å². The maximum absolute atomic E-state index is 6.10. The van der Waals surface area contributed by atoms with Gasteiger partial charge in [-0.1, -0.05) is 41.4 Å². The van der Waals surface area contributed by atoms with Crippen molar-refractivity contribution in [3.8, 4) is 0 Å². The quantitative estimate of drug-likeness (QED) is 0.422. The van der Waals surface area contributed by atoms with E-state index >= 15 is 0 Å². The SMILES string of the molecule is C/C(Cc1nsc(Nc2ccccc2)n1)=N/Nc1cc(Cl)ccc1Cl. The molecule has 0 saturated carbocycles. The van der Waals surface area contributed by atoms with E-state index in [1.165, 1.54) is 11.5 Å². The first-order valence-corrected chi connectivity index (χ1v) is 9.02. The number of rotatable bonds is 6. The van der Waals surface area contributed by atoms with Crippen LogP contribution < -0.4 is 10.7 Å². The molecule has 5 nitrogen and oxygen atoms in total. The fourth-order valence-corrected chi connectivity index (χ4v) is 2.97. The van der Waals surface area contributed by atoms with Crippen LogP contribution in [-0.4, -0.2) is 15.1 Å². The van der Waals surface area contributed by atoms with Gasteiger partial charge in [0.2, 0.25) is 5.13 Å². The summed E-state index contributed by atoms with van der Waals surface area (Å²) in [5.41, 5.74) is 5.40. The number of benzene rings is 2. The maximum Gasteiger partial charge on any atom is 0.207 e. The molecule has 0 aliphatic heterocycles. The lowest BCUT2D eigenvalue weighted by atomic mass is 10.3. The summed E-state index contributed by atoms with van der Waals surface area (Å²) in [6.07, 6.45) is 0.540. The molecule has 2 N–H and O–H groups in total. The average molecular weight is 392 g/mol. The number of hydrogen-bond donors (Lipinski definition) is 2. The average Bonchev–Trinajstić information content (AvgIpc) is 3.03. The van der Waals surface area contributed by atoms with Crippen LogP contribution in [0.15, 0.2) is 53.6 Å². The van der Waals surface area contributed by atoms with Crippen molar-refractivity contribution >= 4 is 57.0 Å². The summed E-state index contributed by atoms with van der Waals surface area (Å²) < 4.78 is 4.35. The van der Waals surface area contributed by atoms with Gasteiger partial charge in [0.15, 0.2) is 0 Å². The van der Waals surface area contributed by atoms with Crippen LogP contribution in [0.4, 0.5) is 16.5 Å². The van der Waals surface area contributed by atoms with Gasteiger partial charge < -0.3 is 5.32 Å². The Morgan fingerprint density at radius 3 is 2.76 bits per heavy atom. The van der Waals surface area contributed by atoms with E-state index in [-0.39, 0.29) is 0 Å². The monoisotopic (exact) mass is 391 g/mol. The molecule has 0 fully saturated rings. The predicted molar refractivity (Wildman–Crippen MR) is 107 cm³/mol. The van der Waals surface area contributed by atoms with Crippen molar-refractivity contribution in [1.29, 1.82) is 0 Å². The van der Waals surface area contributed by atoms with Crippen molar-refractivity contribution in [2.45, 2.75) is 13.3 Å². The van der Waals surface area contributed by atoms with Crippen LogP contribution in [-0.2, 0) is 6.42 Å². The van der Waals surface area contributed by atoms with Crippen LogP contribution in [0.2, 0.25) is 10.0 Å². The van der Waals surface area contributed by atoms with E-state index in [0.717, 1.165) is 16.5 Å². The zero-order valence-electron chi connectivity index (χ0n) is 13.3. The summed E-state index contributed by atoms with van der Waals surface area (Å²) in [5.74, 6) is 0.712. The molecule has 8 heteroatoms. The van der Waals surface area contributed by atoms with Crippen LogP contribution in [0.5, 0.6) is 0 Å². The van der Waals surface area contributed by atoms with Crippen molar-refractivity contribution in [1.82, 2.24) is 9.36 Å². The first-order chi connectivity index (χ1) is 12.1. The molecule has 0 unspecified atom stereocenters. The summed E-state index contributed by atoms with van der Waals surface area (Å²) in [6, 6.07) is 15.0. The maximum atomic E-state index is 6.10. The smallest absolute Gasteiger partial charge is 0.207 e. The largest absolute Gasteiger partial charge is 0.330 e. The number of nitrogens with one attached hydrogen (secondary N) is 2. The van der Waals surface area contributed by atoms with Crippen molar-refractivity contribution in [3.05, 3.63) is 64.4 Å². The molecule has 0 bridgehead atoms. The van der Waals surface area contributed by atoms with Gasteiger partial charge in [-0.3, -0.25) is 5.43 Å². The summed E-state index contributed by atoms with van der Waals surface area (Å²) in [6.45, 7) is 1.90. The Hall–Kier alpha value is -2.15. The molecule has 3 rings (SSSR count). The highest BCUT2D eigenvalue weighted by Crippen LogP contribution is 2.25. The molecule has 0 atom stereocenters. The second-order valence-electron chi connectivity index (χ2n) is 5.27. The normalized spacial score (nSPS) is 11.4. The van der Waals surface area contributed by atoms with Gasteiger partial charge in [-0.15, -0.1) is 0 Å². The van der Waals surface area contributed by atoms with Crippen molar-refractivity contribution in [2.75, 3.05) is 10.7 Å². The third kappa shape index (κ3) is 5.16. The van der Waals surface area contributed by atoms with E-state index in [9.17, 15) is 0 Å². The lowest BCUT2D eigenvalue weighted by Gasteiger charge is -2.05. The van der Waals surface area contributed by atoms with E-state index < -0.39 is 0 Å². The highest BCUT2D eigenvalue weighted by molar-refractivity contribution is 7.09. The number of aromatic nitrogens is 2. The van der Waals surface area contributed by atoms with Crippen molar-refractivity contribution in [3.63, 3.8) is 0 Å². The highest BCUT2D eigenvalue weighted by Gasteiger charge is 2.06. The minimum Gasteiger partial charge on any atom is -0.330 e. The second-order valence-corrected chi connectivity index (χ2v) is 6.86. The second kappa shape index (κ2) is 8.29. The number of para-hydroxylation sites is 1. The third-order valence-corrected chi connectivity index (χ3v) is 4.44. The lowest BCUT2D eigenvalue weighted by Crippen LogP contribution is -2.03. The number of anilines is 3. The molecule has 0 spiro atoms. The molecular formula is C17H15Cl2N5S. The Morgan fingerprint density at radius 2 is 1.96 bits per heavy atom. The van der Waals surface area contributed by atoms with Crippen LogP contribution in [0.1, 0.15) is 12.7 Å². The zero-order chi connectivity index (χ0) is 17.6. The number of hydrazone groups is 1. The molecule has 128 valence electrons. The van der Waals surface area contributed by atoms with Crippen LogP contribution in [0.3, 0.4) is 0 Å². The zero-order valence-corrected chi connectivity index (χ0v) is 15.7. The Labute approximate surface area is 159 Å². The van der Waals surface area contributed by atoms with Crippen LogP contribution in [0, 0.1) is 0 Å². The van der Waals surface area contributed by atoms with Gasteiger partial charge >= 0.3 is 0 Å². The molecule has 0 amide bonds. The fourth-order valence-electron chi connectivity index (χ4n) is 2.03. The molecule has 2 aromatic carbocycles. The van der Waals surface area contributed by atoms with E-state index in [0.29, 0.717) is 28.0 Å². The van der Waals surface area contributed by atoms with E-state index in [1.807, 2.05) is 37.3 Å². The van der Waals surface area contributed by atoms with Crippen LogP contribution in [0.25, 0.3) is 0 Å². The molecular weight excluding hydrogens is 377 g/mol. The van der Waals surface area contributed by atoms with Crippen molar-refractivity contribution in [2.24, 2.45) is 5.10 Å². The van der Waals surface area contributed by atoms with Gasteiger partial charge in [0.25, 0.3) is 0 Å². The summed E-state index contributed by atoms with van der Waals surface area (Å²) in [5, 5.41) is 9.44. The van der Waals surface area contributed by atoms with E-state index in [2.05, 4.69) is 25.2 Å². The minimum atomic E-state index is 0.540. The Kier molecular flexibility index (Phi) is 5.86. The van der Waals surface area contributed by atoms with Crippen molar-refractivity contribution < 1.29 is 0 Å². The number of hydrogen-bond acceptors (Lipinski definition) is 6. The molecule has 3 aromatic rings. The third-order valence-electron chi connectivity index (χ3n) is 3.20. The first-order valence-electron chi connectivity index (χ1n) is 7.49. The lowest BCUT2D eigenvalue weighted by molar-refractivity contribution is 1.09. The van der Waals surface area contributed by atoms with Gasteiger partial charge in [0, 0.05) is 34.4 Å². The van der Waals surface area contributed by atoms with E-state index in [4.69, 9.17) is 23.2 Å². The molecule has 0 radical (unpaired) electrons. The minimum absolute atomic E-state index is 0.540. The molecule has 0 saturated heterocycles.